The molecule has 0 aromatic heterocycles. The Morgan fingerprint density at radius 2 is 2.05 bits per heavy atom. The molecular formula is C13H20N2O4S. The van der Waals surface area contributed by atoms with E-state index in [2.05, 4.69) is 0 Å². The van der Waals surface area contributed by atoms with E-state index in [0.29, 0.717) is 13.1 Å². The zero-order valence-corrected chi connectivity index (χ0v) is 12.8. The molecule has 20 heavy (non-hydrogen) atoms. The quantitative estimate of drug-likeness (QED) is 0.567. The molecule has 1 atom stereocenters. The van der Waals surface area contributed by atoms with E-state index in [9.17, 15) is 18.5 Å². The SMILES string of the molecule is CCN(Cc1cccc([N+](=O)[O-])c1)C(C)CS(C)(=O)=O. The summed E-state index contributed by atoms with van der Waals surface area (Å²) in [6.07, 6.45) is 1.21. The largest absolute Gasteiger partial charge is 0.296 e. The number of nitrogens with zero attached hydrogens (tertiary/aromatic N) is 2. The normalized spacial score (nSPS) is 13.4. The third-order valence-corrected chi connectivity index (χ3v) is 4.17. The predicted molar refractivity (Wildman–Crippen MR) is 78.4 cm³/mol. The van der Waals surface area contributed by atoms with Gasteiger partial charge in [0.05, 0.1) is 10.7 Å². The predicted octanol–water partition coefficient (Wildman–Crippen LogP) is 1.85. The molecule has 112 valence electrons. The molecule has 1 unspecified atom stereocenters. The lowest BCUT2D eigenvalue weighted by molar-refractivity contribution is -0.384. The summed E-state index contributed by atoms with van der Waals surface area (Å²) in [6.45, 7) is 4.96. The van der Waals surface area contributed by atoms with Crippen molar-refractivity contribution >= 4 is 15.5 Å². The van der Waals surface area contributed by atoms with Gasteiger partial charge in [-0.25, -0.2) is 8.42 Å². The number of hydrogen-bond acceptors (Lipinski definition) is 5. The zero-order chi connectivity index (χ0) is 15.3. The van der Waals surface area contributed by atoms with E-state index in [-0.39, 0.29) is 17.5 Å². The smallest absolute Gasteiger partial charge is 0.269 e. The molecule has 1 aromatic carbocycles. The van der Waals surface area contributed by atoms with Crippen molar-refractivity contribution in [3.8, 4) is 0 Å². The molecule has 0 N–H and O–H groups in total. The number of rotatable bonds is 7. The lowest BCUT2D eigenvalue weighted by atomic mass is 10.1. The first-order chi connectivity index (χ1) is 9.23. The molecule has 0 radical (unpaired) electrons. The van der Waals surface area contributed by atoms with Crippen LogP contribution in [0.25, 0.3) is 0 Å². The second kappa shape index (κ2) is 6.81. The van der Waals surface area contributed by atoms with Crippen LogP contribution in [0.4, 0.5) is 5.69 Å². The van der Waals surface area contributed by atoms with Gasteiger partial charge in [0.15, 0.2) is 0 Å². The van der Waals surface area contributed by atoms with Gasteiger partial charge in [0, 0.05) is 31.0 Å². The summed E-state index contributed by atoms with van der Waals surface area (Å²) < 4.78 is 22.7. The molecule has 0 spiro atoms. The molecule has 0 aliphatic heterocycles. The van der Waals surface area contributed by atoms with Crippen LogP contribution < -0.4 is 0 Å². The number of benzene rings is 1. The first-order valence-electron chi connectivity index (χ1n) is 6.38. The summed E-state index contributed by atoms with van der Waals surface area (Å²) >= 11 is 0. The van der Waals surface area contributed by atoms with Crippen LogP contribution in [0, 0.1) is 10.1 Å². The van der Waals surface area contributed by atoms with Crippen molar-refractivity contribution < 1.29 is 13.3 Å². The van der Waals surface area contributed by atoms with Gasteiger partial charge in [-0.1, -0.05) is 19.1 Å². The Hall–Kier alpha value is -1.47. The molecule has 0 saturated carbocycles. The number of nitro benzene ring substituents is 1. The minimum Gasteiger partial charge on any atom is -0.296 e. The van der Waals surface area contributed by atoms with Gasteiger partial charge in [0.25, 0.3) is 5.69 Å². The van der Waals surface area contributed by atoms with Crippen LogP contribution in [0.5, 0.6) is 0 Å². The average Bonchev–Trinajstić information content (AvgIpc) is 2.34. The third kappa shape index (κ3) is 5.26. The monoisotopic (exact) mass is 300 g/mol. The van der Waals surface area contributed by atoms with Crippen LogP contribution in [0.15, 0.2) is 24.3 Å². The Kier molecular flexibility index (Phi) is 5.64. The van der Waals surface area contributed by atoms with Gasteiger partial charge in [-0.2, -0.15) is 0 Å². The summed E-state index contributed by atoms with van der Waals surface area (Å²) in [5, 5.41) is 10.7. The molecule has 0 bridgehead atoms. The highest BCUT2D eigenvalue weighted by Crippen LogP contribution is 2.16. The lowest BCUT2D eigenvalue weighted by Gasteiger charge is -2.27. The van der Waals surface area contributed by atoms with Crippen molar-refractivity contribution in [2.45, 2.75) is 26.4 Å². The Balaban J connectivity index is 2.83. The van der Waals surface area contributed by atoms with E-state index in [1.165, 1.54) is 18.4 Å². The highest BCUT2D eigenvalue weighted by atomic mass is 32.2. The number of sulfone groups is 1. The van der Waals surface area contributed by atoms with Crippen LogP contribution in [0.2, 0.25) is 0 Å². The van der Waals surface area contributed by atoms with Gasteiger partial charge in [-0.3, -0.25) is 15.0 Å². The van der Waals surface area contributed by atoms with Gasteiger partial charge in [-0.05, 0) is 19.0 Å². The van der Waals surface area contributed by atoms with Crippen molar-refractivity contribution in [2.24, 2.45) is 0 Å². The number of non-ortho nitro benzene ring substituents is 1. The van der Waals surface area contributed by atoms with E-state index in [0.717, 1.165) is 5.56 Å². The molecule has 0 fully saturated rings. The molecule has 0 heterocycles. The van der Waals surface area contributed by atoms with E-state index in [1.54, 1.807) is 6.07 Å². The van der Waals surface area contributed by atoms with Gasteiger partial charge in [0.2, 0.25) is 0 Å². The molecule has 0 aliphatic rings. The van der Waals surface area contributed by atoms with Crippen LogP contribution in [0.3, 0.4) is 0 Å². The lowest BCUT2D eigenvalue weighted by Crippen LogP contribution is -2.37. The minimum absolute atomic E-state index is 0.0503. The second-order valence-electron chi connectivity index (χ2n) is 4.93. The topological polar surface area (TPSA) is 80.5 Å². The van der Waals surface area contributed by atoms with Crippen molar-refractivity contribution in [3.63, 3.8) is 0 Å². The van der Waals surface area contributed by atoms with Crippen molar-refractivity contribution in [1.29, 1.82) is 0 Å². The van der Waals surface area contributed by atoms with Gasteiger partial charge in [0.1, 0.15) is 9.84 Å². The molecular weight excluding hydrogens is 280 g/mol. The van der Waals surface area contributed by atoms with Gasteiger partial charge in [-0.15, -0.1) is 0 Å². The molecule has 1 aromatic rings. The van der Waals surface area contributed by atoms with Crippen LogP contribution in [-0.2, 0) is 16.4 Å². The fraction of sp³-hybridized carbons (Fsp3) is 0.538. The fourth-order valence-electron chi connectivity index (χ4n) is 2.13. The Labute approximate surface area is 119 Å². The molecule has 0 amide bonds. The van der Waals surface area contributed by atoms with Crippen molar-refractivity contribution in [1.82, 2.24) is 4.90 Å². The van der Waals surface area contributed by atoms with Crippen molar-refractivity contribution in [3.05, 3.63) is 39.9 Å². The third-order valence-electron chi connectivity index (χ3n) is 3.08. The summed E-state index contributed by atoms with van der Waals surface area (Å²) in [5.74, 6) is 0.0791. The Morgan fingerprint density at radius 3 is 2.55 bits per heavy atom. The van der Waals surface area contributed by atoms with E-state index in [4.69, 9.17) is 0 Å². The highest BCUT2D eigenvalue weighted by Gasteiger charge is 2.18. The Morgan fingerprint density at radius 1 is 1.40 bits per heavy atom. The first kappa shape index (κ1) is 16.6. The van der Waals surface area contributed by atoms with Crippen LogP contribution in [0.1, 0.15) is 19.4 Å². The maximum absolute atomic E-state index is 11.3. The molecule has 1 rings (SSSR count). The fourth-order valence-corrected chi connectivity index (χ4v) is 3.21. The summed E-state index contributed by atoms with van der Waals surface area (Å²) in [6, 6.07) is 6.29. The van der Waals surface area contributed by atoms with Gasteiger partial charge >= 0.3 is 0 Å². The van der Waals surface area contributed by atoms with Gasteiger partial charge < -0.3 is 0 Å². The Bertz CT molecular complexity index is 571. The van der Waals surface area contributed by atoms with E-state index >= 15 is 0 Å². The van der Waals surface area contributed by atoms with Crippen molar-refractivity contribution in [2.75, 3.05) is 18.6 Å². The highest BCUT2D eigenvalue weighted by molar-refractivity contribution is 7.90. The maximum atomic E-state index is 11.3. The van der Waals surface area contributed by atoms with Crippen LogP contribution >= 0.6 is 0 Å². The molecule has 6 nitrogen and oxygen atoms in total. The molecule has 0 saturated heterocycles. The molecule has 0 aliphatic carbocycles. The summed E-state index contributed by atoms with van der Waals surface area (Å²) in [7, 11) is -3.04. The second-order valence-corrected chi connectivity index (χ2v) is 7.12. The van der Waals surface area contributed by atoms with Crippen LogP contribution in [-0.4, -0.2) is 42.8 Å². The average molecular weight is 300 g/mol. The van der Waals surface area contributed by atoms with E-state index < -0.39 is 14.8 Å². The first-order valence-corrected chi connectivity index (χ1v) is 8.44. The number of nitro groups is 1. The standard InChI is InChI=1S/C13H20N2O4S/c1-4-14(11(2)10-20(3,18)19)9-12-6-5-7-13(8-12)15(16)17/h5-8,11H,4,9-10H2,1-3H3. The van der Waals surface area contributed by atoms with E-state index in [1.807, 2.05) is 24.8 Å². The summed E-state index contributed by atoms with van der Waals surface area (Å²) in [5.41, 5.74) is 0.857. The number of hydrogen-bond donors (Lipinski definition) is 0. The maximum Gasteiger partial charge on any atom is 0.269 e. The summed E-state index contributed by atoms with van der Waals surface area (Å²) in [4.78, 5) is 12.3. The minimum atomic E-state index is -3.04. The molecule has 7 heteroatoms. The zero-order valence-electron chi connectivity index (χ0n) is 11.9.